The Morgan fingerprint density at radius 3 is 2.70 bits per heavy atom. The number of nitrogens with zero attached hydrogens (tertiary/aromatic N) is 5. The van der Waals surface area contributed by atoms with E-state index in [9.17, 15) is 23.1 Å². The van der Waals surface area contributed by atoms with E-state index in [2.05, 4.69) is 20.5 Å². The number of rotatable bonds is 5. The SMILES string of the molecule is CCOC(=O)C1=C(CN2CC(O)C(F)(F)C2)NC(n2nccn2)=N[C@H]1c1ccc(F)cc1Cl. The number of nitrogens with one attached hydrogen (secondary N) is 1. The van der Waals surface area contributed by atoms with Crippen LogP contribution in [-0.4, -0.2) is 75.2 Å². The van der Waals surface area contributed by atoms with Gasteiger partial charge in [-0.1, -0.05) is 17.7 Å². The second-order valence-corrected chi connectivity index (χ2v) is 7.93. The Labute approximate surface area is 191 Å². The van der Waals surface area contributed by atoms with Crippen LogP contribution in [0, 0.1) is 5.82 Å². The van der Waals surface area contributed by atoms with Gasteiger partial charge in [-0.2, -0.15) is 10.2 Å². The van der Waals surface area contributed by atoms with Gasteiger partial charge in [0.05, 0.1) is 31.1 Å². The third-order valence-electron chi connectivity index (χ3n) is 5.21. The van der Waals surface area contributed by atoms with Gasteiger partial charge in [-0.15, -0.1) is 4.80 Å². The Morgan fingerprint density at radius 2 is 2.09 bits per heavy atom. The number of hydrogen-bond acceptors (Lipinski definition) is 8. The van der Waals surface area contributed by atoms with Gasteiger partial charge >= 0.3 is 5.97 Å². The summed E-state index contributed by atoms with van der Waals surface area (Å²) in [7, 11) is 0. The minimum absolute atomic E-state index is 0.0164. The lowest BCUT2D eigenvalue weighted by Gasteiger charge is -2.29. The highest BCUT2D eigenvalue weighted by Gasteiger charge is 2.47. The zero-order valence-electron chi connectivity index (χ0n) is 17.4. The van der Waals surface area contributed by atoms with Gasteiger partial charge in [-0.05, 0) is 19.1 Å². The lowest BCUT2D eigenvalue weighted by Crippen LogP contribution is -2.42. The number of carbonyl (C=O) groups excluding carboxylic acids is 1. The largest absolute Gasteiger partial charge is 0.463 e. The van der Waals surface area contributed by atoms with Crippen molar-refractivity contribution in [3.8, 4) is 0 Å². The second-order valence-electron chi connectivity index (χ2n) is 7.52. The number of halogens is 4. The topological polar surface area (TPSA) is 105 Å². The number of benzene rings is 1. The molecule has 2 aliphatic heterocycles. The van der Waals surface area contributed by atoms with E-state index >= 15 is 0 Å². The molecular formula is C20H20ClF3N6O3. The van der Waals surface area contributed by atoms with Crippen molar-refractivity contribution in [2.45, 2.75) is 25.0 Å². The number of esters is 1. The van der Waals surface area contributed by atoms with Gasteiger partial charge in [-0.3, -0.25) is 4.90 Å². The summed E-state index contributed by atoms with van der Waals surface area (Å²) in [6, 6.07) is 2.59. The van der Waals surface area contributed by atoms with Crippen LogP contribution in [0.3, 0.4) is 0 Å². The molecule has 1 saturated heterocycles. The summed E-state index contributed by atoms with van der Waals surface area (Å²) in [6.45, 7) is 0.508. The number of aliphatic hydroxyl groups is 1. The molecule has 2 N–H and O–H groups in total. The van der Waals surface area contributed by atoms with Crippen molar-refractivity contribution in [3.05, 3.63) is 58.3 Å². The Kier molecular flexibility index (Phi) is 6.41. The summed E-state index contributed by atoms with van der Waals surface area (Å²) in [5.41, 5.74) is 0.522. The quantitative estimate of drug-likeness (QED) is 0.623. The molecule has 2 aromatic rings. The Balaban J connectivity index is 1.81. The minimum Gasteiger partial charge on any atom is -0.463 e. The molecule has 1 unspecified atom stereocenters. The lowest BCUT2D eigenvalue weighted by molar-refractivity contribution is -0.139. The van der Waals surface area contributed by atoms with Crippen LogP contribution < -0.4 is 5.32 Å². The molecule has 0 aliphatic carbocycles. The van der Waals surface area contributed by atoms with Crippen molar-refractivity contribution in [1.29, 1.82) is 0 Å². The molecule has 1 fully saturated rings. The number of hydrogen-bond donors (Lipinski definition) is 2. The molecule has 0 saturated carbocycles. The lowest BCUT2D eigenvalue weighted by atomic mass is 9.95. The number of likely N-dealkylation sites (tertiary alicyclic amines) is 1. The van der Waals surface area contributed by atoms with Crippen molar-refractivity contribution >= 4 is 23.5 Å². The molecule has 13 heteroatoms. The molecule has 1 aromatic carbocycles. The zero-order valence-corrected chi connectivity index (χ0v) is 18.1. The number of ether oxygens (including phenoxy) is 1. The number of carbonyl (C=O) groups is 1. The van der Waals surface area contributed by atoms with Gasteiger partial charge in [0.15, 0.2) is 0 Å². The van der Waals surface area contributed by atoms with Crippen LogP contribution in [0.1, 0.15) is 18.5 Å². The maximum Gasteiger partial charge on any atom is 0.338 e. The van der Waals surface area contributed by atoms with Crippen LogP contribution in [0.25, 0.3) is 0 Å². The predicted octanol–water partition coefficient (Wildman–Crippen LogP) is 1.75. The molecule has 3 heterocycles. The number of alkyl halides is 2. The van der Waals surface area contributed by atoms with Crippen molar-refractivity contribution < 1.29 is 27.8 Å². The molecule has 176 valence electrons. The van der Waals surface area contributed by atoms with Crippen molar-refractivity contribution in [2.75, 3.05) is 26.2 Å². The molecule has 33 heavy (non-hydrogen) atoms. The fraction of sp³-hybridized carbons (Fsp3) is 0.400. The fourth-order valence-corrected chi connectivity index (χ4v) is 3.99. The highest BCUT2D eigenvalue weighted by Crippen LogP contribution is 2.37. The predicted molar refractivity (Wildman–Crippen MR) is 111 cm³/mol. The van der Waals surface area contributed by atoms with Crippen molar-refractivity contribution in [1.82, 2.24) is 25.2 Å². The Hall–Kier alpha value is -2.96. The monoisotopic (exact) mass is 484 g/mol. The molecule has 0 radical (unpaired) electrons. The van der Waals surface area contributed by atoms with Crippen LogP contribution in [0.15, 0.2) is 46.9 Å². The van der Waals surface area contributed by atoms with E-state index in [1.165, 1.54) is 29.4 Å². The summed E-state index contributed by atoms with van der Waals surface area (Å²) >= 11 is 6.27. The smallest absolute Gasteiger partial charge is 0.338 e. The first-order chi connectivity index (χ1) is 15.7. The van der Waals surface area contributed by atoms with Gasteiger partial charge in [-0.25, -0.2) is 23.0 Å². The van der Waals surface area contributed by atoms with E-state index in [-0.39, 0.29) is 41.9 Å². The minimum atomic E-state index is -3.29. The van der Waals surface area contributed by atoms with Crippen LogP contribution >= 0.6 is 11.6 Å². The molecule has 0 bridgehead atoms. The molecule has 0 amide bonds. The van der Waals surface area contributed by atoms with Gasteiger partial charge in [0.25, 0.3) is 5.92 Å². The maximum absolute atomic E-state index is 13.9. The molecule has 1 aromatic heterocycles. The summed E-state index contributed by atoms with van der Waals surface area (Å²) in [4.78, 5) is 19.9. The fourth-order valence-electron chi connectivity index (χ4n) is 3.72. The molecule has 4 rings (SSSR count). The van der Waals surface area contributed by atoms with E-state index in [0.717, 1.165) is 10.9 Å². The van der Waals surface area contributed by atoms with Gasteiger partial charge in [0.2, 0.25) is 5.96 Å². The van der Waals surface area contributed by atoms with Crippen LogP contribution in [0.2, 0.25) is 5.02 Å². The van der Waals surface area contributed by atoms with Gasteiger partial charge < -0.3 is 15.2 Å². The maximum atomic E-state index is 13.9. The van der Waals surface area contributed by atoms with Crippen LogP contribution in [0.4, 0.5) is 13.2 Å². The summed E-state index contributed by atoms with van der Waals surface area (Å²) in [5, 5.41) is 20.7. The Bertz CT molecular complexity index is 1110. The van der Waals surface area contributed by atoms with Gasteiger partial charge in [0, 0.05) is 29.4 Å². The summed E-state index contributed by atoms with van der Waals surface area (Å²) in [5.74, 6) is -4.52. The highest BCUT2D eigenvalue weighted by atomic mass is 35.5. The van der Waals surface area contributed by atoms with E-state index in [4.69, 9.17) is 16.3 Å². The van der Waals surface area contributed by atoms with Crippen LogP contribution in [-0.2, 0) is 9.53 Å². The first-order valence-corrected chi connectivity index (χ1v) is 10.4. The third-order valence-corrected chi connectivity index (χ3v) is 5.54. The molecule has 9 nitrogen and oxygen atoms in total. The van der Waals surface area contributed by atoms with Crippen LogP contribution in [0.5, 0.6) is 0 Å². The number of aromatic nitrogens is 3. The molecular weight excluding hydrogens is 465 g/mol. The Morgan fingerprint density at radius 1 is 1.36 bits per heavy atom. The van der Waals surface area contributed by atoms with Gasteiger partial charge in [0.1, 0.15) is 18.0 Å². The van der Waals surface area contributed by atoms with E-state index in [1.807, 2.05) is 0 Å². The van der Waals surface area contributed by atoms with E-state index in [0.29, 0.717) is 5.56 Å². The summed E-state index contributed by atoms with van der Waals surface area (Å²) < 4.78 is 46.7. The van der Waals surface area contributed by atoms with Crippen molar-refractivity contribution in [2.24, 2.45) is 4.99 Å². The normalized spacial score (nSPS) is 22.8. The highest BCUT2D eigenvalue weighted by molar-refractivity contribution is 6.31. The van der Waals surface area contributed by atoms with E-state index < -0.39 is 36.4 Å². The second kappa shape index (κ2) is 9.12. The summed E-state index contributed by atoms with van der Waals surface area (Å²) in [6.07, 6.45) is 0.980. The average molecular weight is 485 g/mol. The molecule has 2 atom stereocenters. The number of aliphatic imine (C=N–C) groups is 1. The third kappa shape index (κ3) is 4.72. The number of β-amino-alcohol motifs (C(OH)–C–C–N with tert-alkyl or cyclic N) is 1. The number of aliphatic hydroxyl groups excluding tert-OH is 1. The standard InChI is InChI=1S/C20H20ClF3N6O3/c1-2-33-18(32)16-14(8-29-9-15(31)20(23,24)10-29)27-19(30-25-5-6-26-30)28-17(16)12-4-3-11(22)7-13(12)21/h3-7,15,17,31H,2,8-10H2,1H3,(H,27,28)/t15?,17-/m0/s1. The van der Waals surface area contributed by atoms with E-state index in [1.54, 1.807) is 6.92 Å². The average Bonchev–Trinajstić information content (AvgIpc) is 3.36. The first-order valence-electron chi connectivity index (χ1n) is 10.0. The first kappa shape index (κ1) is 23.2. The van der Waals surface area contributed by atoms with Crippen molar-refractivity contribution in [3.63, 3.8) is 0 Å². The molecule has 0 spiro atoms. The molecule has 2 aliphatic rings. The zero-order chi connectivity index (χ0) is 23.8.